The van der Waals surface area contributed by atoms with Crippen LogP contribution in [-0.4, -0.2) is 22.7 Å². The van der Waals surface area contributed by atoms with E-state index in [1.165, 1.54) is 6.08 Å². The van der Waals surface area contributed by atoms with Gasteiger partial charge in [0.15, 0.2) is 5.11 Å². The second-order valence-corrected chi connectivity index (χ2v) is 4.71. The summed E-state index contributed by atoms with van der Waals surface area (Å²) in [5.41, 5.74) is 1.13. The van der Waals surface area contributed by atoms with Crippen molar-refractivity contribution in [2.75, 3.05) is 11.9 Å². The Kier molecular flexibility index (Phi) is 6.08. The highest BCUT2D eigenvalue weighted by Crippen LogP contribution is 2.32. The third-order valence-corrected chi connectivity index (χ3v) is 3.10. The highest BCUT2D eigenvalue weighted by molar-refractivity contribution is 7.80. The molecular formula is C12H12Cl2N2O2S. The molecule has 0 fully saturated rings. The summed E-state index contributed by atoms with van der Waals surface area (Å²) in [4.78, 5) is 10.5. The van der Waals surface area contributed by atoms with E-state index >= 15 is 0 Å². The van der Waals surface area contributed by atoms with Gasteiger partial charge in [0.2, 0.25) is 0 Å². The molecule has 0 saturated heterocycles. The van der Waals surface area contributed by atoms with Crippen molar-refractivity contribution >= 4 is 58.3 Å². The summed E-state index contributed by atoms with van der Waals surface area (Å²) in [6.07, 6.45) is 2.44. The lowest BCUT2D eigenvalue weighted by Crippen LogP contribution is -2.28. The molecule has 0 bridgehead atoms. The van der Waals surface area contributed by atoms with Crippen LogP contribution in [0, 0.1) is 0 Å². The van der Waals surface area contributed by atoms with Crippen LogP contribution in [0.2, 0.25) is 10.0 Å². The van der Waals surface area contributed by atoms with E-state index in [4.69, 9.17) is 40.5 Å². The van der Waals surface area contributed by atoms with Gasteiger partial charge in [0.25, 0.3) is 0 Å². The van der Waals surface area contributed by atoms with Gasteiger partial charge in [-0.1, -0.05) is 23.2 Å². The molecule has 0 aliphatic rings. The minimum Gasteiger partial charge on any atom is -0.478 e. The van der Waals surface area contributed by atoms with Gasteiger partial charge in [-0.15, -0.1) is 0 Å². The standard InChI is InChI=1S/C12H12Cl2N2O2S/c1-2-15-12(19)16-9-6-7(3-4-10(17)18)5-8(13)11(9)14/h3-6H,2H2,1H3,(H,17,18)(H2,15,16,19)/b4-3+. The second-order valence-electron chi connectivity index (χ2n) is 3.52. The van der Waals surface area contributed by atoms with Crippen molar-refractivity contribution in [1.29, 1.82) is 0 Å². The molecule has 0 saturated carbocycles. The van der Waals surface area contributed by atoms with Crippen molar-refractivity contribution in [3.05, 3.63) is 33.8 Å². The topological polar surface area (TPSA) is 61.4 Å². The predicted octanol–water partition coefficient (Wildman–Crippen LogP) is 3.40. The number of benzene rings is 1. The zero-order chi connectivity index (χ0) is 14.4. The lowest BCUT2D eigenvalue weighted by Gasteiger charge is -2.12. The number of carboxylic acid groups (broad SMARTS) is 1. The number of thiocarbonyl (C=S) groups is 1. The summed E-state index contributed by atoms with van der Waals surface area (Å²) in [6, 6.07) is 3.24. The normalized spacial score (nSPS) is 10.5. The Morgan fingerprint density at radius 3 is 2.74 bits per heavy atom. The van der Waals surface area contributed by atoms with Crippen LogP contribution in [0.15, 0.2) is 18.2 Å². The summed E-state index contributed by atoms with van der Waals surface area (Å²) in [5, 5.41) is 15.5. The number of hydrogen-bond acceptors (Lipinski definition) is 2. The average Bonchev–Trinajstić information content (AvgIpc) is 2.32. The van der Waals surface area contributed by atoms with Gasteiger partial charge in [0, 0.05) is 12.6 Å². The molecule has 0 unspecified atom stereocenters. The second kappa shape index (κ2) is 7.33. The average molecular weight is 319 g/mol. The first-order valence-electron chi connectivity index (χ1n) is 5.39. The Bertz CT molecular complexity index is 533. The summed E-state index contributed by atoms with van der Waals surface area (Å²) < 4.78 is 0. The third kappa shape index (κ3) is 5.06. The Hall–Kier alpha value is -1.30. The first kappa shape index (κ1) is 15.8. The van der Waals surface area contributed by atoms with Crippen LogP contribution in [0.25, 0.3) is 6.08 Å². The van der Waals surface area contributed by atoms with Gasteiger partial charge in [-0.05, 0) is 42.9 Å². The molecule has 0 heterocycles. The van der Waals surface area contributed by atoms with Crippen LogP contribution in [-0.2, 0) is 4.79 Å². The van der Waals surface area contributed by atoms with E-state index in [9.17, 15) is 4.79 Å². The minimum absolute atomic E-state index is 0.316. The maximum atomic E-state index is 10.5. The molecule has 1 rings (SSSR count). The van der Waals surface area contributed by atoms with Gasteiger partial charge < -0.3 is 15.7 Å². The van der Waals surface area contributed by atoms with E-state index in [-0.39, 0.29) is 0 Å². The summed E-state index contributed by atoms with van der Waals surface area (Å²) in [5.74, 6) is -1.04. The molecule has 0 aromatic heterocycles. The lowest BCUT2D eigenvalue weighted by molar-refractivity contribution is -0.131. The van der Waals surface area contributed by atoms with Crippen molar-refractivity contribution in [2.45, 2.75) is 6.92 Å². The van der Waals surface area contributed by atoms with Crippen LogP contribution >= 0.6 is 35.4 Å². The monoisotopic (exact) mass is 318 g/mol. The Morgan fingerprint density at radius 1 is 1.47 bits per heavy atom. The fourth-order valence-electron chi connectivity index (χ4n) is 1.29. The maximum Gasteiger partial charge on any atom is 0.328 e. The molecule has 7 heteroatoms. The van der Waals surface area contributed by atoms with Gasteiger partial charge in [0.1, 0.15) is 0 Å². The van der Waals surface area contributed by atoms with Gasteiger partial charge >= 0.3 is 5.97 Å². The van der Waals surface area contributed by atoms with Gasteiger partial charge in [0.05, 0.1) is 15.7 Å². The molecule has 0 aliphatic heterocycles. The van der Waals surface area contributed by atoms with Crippen LogP contribution in [0.5, 0.6) is 0 Å². The minimum atomic E-state index is -1.04. The van der Waals surface area contributed by atoms with Crippen LogP contribution < -0.4 is 10.6 Å². The Morgan fingerprint density at radius 2 is 2.16 bits per heavy atom. The zero-order valence-electron chi connectivity index (χ0n) is 10.0. The molecule has 0 amide bonds. The lowest BCUT2D eigenvalue weighted by atomic mass is 10.2. The third-order valence-electron chi connectivity index (χ3n) is 2.05. The van der Waals surface area contributed by atoms with E-state index in [1.54, 1.807) is 12.1 Å². The number of hydrogen-bond donors (Lipinski definition) is 3. The van der Waals surface area contributed by atoms with Crippen molar-refractivity contribution < 1.29 is 9.90 Å². The first-order chi connectivity index (χ1) is 8.93. The number of aliphatic carboxylic acids is 1. The number of carbonyl (C=O) groups is 1. The number of halogens is 2. The first-order valence-corrected chi connectivity index (χ1v) is 6.55. The van der Waals surface area contributed by atoms with Gasteiger partial charge in [-0.2, -0.15) is 0 Å². The predicted molar refractivity (Wildman–Crippen MR) is 83.0 cm³/mol. The van der Waals surface area contributed by atoms with Crippen molar-refractivity contribution in [3.63, 3.8) is 0 Å². The summed E-state index contributed by atoms with van der Waals surface area (Å²) in [7, 11) is 0. The van der Waals surface area contributed by atoms with Gasteiger partial charge in [-0.3, -0.25) is 0 Å². The molecule has 102 valence electrons. The maximum absolute atomic E-state index is 10.5. The number of nitrogens with one attached hydrogen (secondary N) is 2. The van der Waals surface area contributed by atoms with E-state index in [1.807, 2.05) is 6.92 Å². The quantitative estimate of drug-likeness (QED) is 0.586. The summed E-state index contributed by atoms with van der Waals surface area (Å²) in [6.45, 7) is 2.59. The van der Waals surface area contributed by atoms with Crippen LogP contribution in [0.1, 0.15) is 12.5 Å². The molecule has 0 atom stereocenters. The number of anilines is 1. The van der Waals surface area contributed by atoms with Crippen molar-refractivity contribution in [3.8, 4) is 0 Å². The smallest absolute Gasteiger partial charge is 0.328 e. The molecule has 1 aromatic rings. The number of rotatable bonds is 4. The molecule has 4 nitrogen and oxygen atoms in total. The number of carboxylic acids is 1. The van der Waals surface area contributed by atoms with E-state index in [0.717, 1.165) is 6.08 Å². The van der Waals surface area contributed by atoms with Gasteiger partial charge in [-0.25, -0.2) is 4.79 Å². The fraction of sp³-hybridized carbons (Fsp3) is 0.167. The molecule has 0 spiro atoms. The summed E-state index contributed by atoms with van der Waals surface area (Å²) >= 11 is 17.1. The Labute approximate surface area is 126 Å². The van der Waals surface area contributed by atoms with E-state index in [0.29, 0.717) is 33.0 Å². The van der Waals surface area contributed by atoms with Crippen molar-refractivity contribution in [2.24, 2.45) is 0 Å². The highest BCUT2D eigenvalue weighted by Gasteiger charge is 2.08. The Balaban J connectivity index is 3.03. The van der Waals surface area contributed by atoms with Crippen LogP contribution in [0.4, 0.5) is 5.69 Å². The zero-order valence-corrected chi connectivity index (χ0v) is 12.4. The SMILES string of the molecule is CCNC(=S)Nc1cc(/C=C/C(=O)O)cc(Cl)c1Cl. The molecule has 1 aromatic carbocycles. The highest BCUT2D eigenvalue weighted by atomic mass is 35.5. The molecular weight excluding hydrogens is 307 g/mol. The molecule has 0 radical (unpaired) electrons. The van der Waals surface area contributed by atoms with E-state index < -0.39 is 5.97 Å². The van der Waals surface area contributed by atoms with E-state index in [2.05, 4.69) is 10.6 Å². The fourth-order valence-corrected chi connectivity index (χ4v) is 1.93. The van der Waals surface area contributed by atoms with Crippen molar-refractivity contribution in [1.82, 2.24) is 5.32 Å². The van der Waals surface area contributed by atoms with Crippen LogP contribution in [0.3, 0.4) is 0 Å². The molecule has 3 N–H and O–H groups in total. The largest absolute Gasteiger partial charge is 0.478 e. The molecule has 0 aliphatic carbocycles. The molecule has 19 heavy (non-hydrogen) atoms.